The standard InChI is InChI=1S/C59H95NO5/c1-7-9-11-13-15-17-19-21-23-25-27-29-31-33-35-37-43-50(42-36-34-32-30-28-26-24-22-20-18-16-14-12-10-8-2)64-57(61)56(49(3)65-59(4,5)6)60-58(62)63-48-55-53-46-40-38-44-51(53)52-45-39-41-47-54(52)55/h21-24,38-41,44-47,49-50,55-56H,7-20,25-37,42-43,48H2,1-6H3,(H,60,62)/b23-21-,24-22-/t49?,50?,56-/m0/s1. The monoisotopic (exact) mass is 898 g/mol. The molecule has 3 atom stereocenters. The molecule has 0 saturated carbocycles. The number of rotatable bonds is 38. The number of carbonyl (C=O) groups is 2. The molecule has 2 unspecified atom stereocenters. The summed E-state index contributed by atoms with van der Waals surface area (Å²) in [5.74, 6) is -0.522. The highest BCUT2D eigenvalue weighted by atomic mass is 16.6. The molecule has 0 radical (unpaired) electrons. The van der Waals surface area contributed by atoms with Crippen LogP contribution in [-0.2, 0) is 19.0 Å². The van der Waals surface area contributed by atoms with E-state index in [1.165, 1.54) is 159 Å². The molecular weight excluding hydrogens is 803 g/mol. The molecule has 0 heterocycles. The van der Waals surface area contributed by atoms with Gasteiger partial charge in [0.15, 0.2) is 6.04 Å². The zero-order chi connectivity index (χ0) is 46.8. The Morgan fingerprint density at radius 2 is 0.954 bits per heavy atom. The summed E-state index contributed by atoms with van der Waals surface area (Å²) >= 11 is 0. The number of carbonyl (C=O) groups excluding carboxylic acids is 2. The Kier molecular flexibility index (Phi) is 30.0. The van der Waals surface area contributed by atoms with E-state index in [0.717, 1.165) is 49.7 Å². The number of allylic oxidation sites excluding steroid dienone is 4. The Balaban J connectivity index is 1.50. The summed E-state index contributed by atoms with van der Waals surface area (Å²) in [6.45, 7) is 12.4. The van der Waals surface area contributed by atoms with E-state index >= 15 is 0 Å². The molecule has 1 N–H and O–H groups in total. The van der Waals surface area contributed by atoms with Crippen molar-refractivity contribution in [3.8, 4) is 11.1 Å². The second-order valence-corrected chi connectivity index (χ2v) is 20.0. The maximum Gasteiger partial charge on any atom is 0.407 e. The molecule has 0 saturated heterocycles. The predicted molar refractivity (Wildman–Crippen MR) is 276 cm³/mol. The average molecular weight is 898 g/mol. The van der Waals surface area contributed by atoms with Crippen molar-refractivity contribution in [2.24, 2.45) is 0 Å². The van der Waals surface area contributed by atoms with Gasteiger partial charge in [0, 0.05) is 5.92 Å². The van der Waals surface area contributed by atoms with Crippen LogP contribution in [0.4, 0.5) is 4.79 Å². The molecule has 6 heteroatoms. The van der Waals surface area contributed by atoms with Crippen molar-refractivity contribution in [2.45, 2.75) is 258 Å². The molecule has 0 spiro atoms. The smallest absolute Gasteiger partial charge is 0.407 e. The molecule has 2 aromatic rings. The lowest BCUT2D eigenvalue weighted by Gasteiger charge is -2.31. The van der Waals surface area contributed by atoms with Crippen molar-refractivity contribution in [1.82, 2.24) is 5.32 Å². The van der Waals surface area contributed by atoms with Gasteiger partial charge >= 0.3 is 12.1 Å². The zero-order valence-electron chi connectivity index (χ0n) is 42.5. The summed E-state index contributed by atoms with van der Waals surface area (Å²) in [6.07, 6.45) is 43.8. The molecular formula is C59H95NO5. The maximum absolute atomic E-state index is 14.2. The number of ether oxygens (including phenoxy) is 3. The molecule has 65 heavy (non-hydrogen) atoms. The van der Waals surface area contributed by atoms with E-state index in [1.807, 2.05) is 52.0 Å². The SMILES string of the molecule is CCCCCCCC/C=C\CCCCCCCCC(CCCCCCC/C=C\CCCCCCCC)OC(=O)[C@@H](NC(=O)OCC1c2ccccc2-c2ccccc21)C(C)OC(C)(C)C. The van der Waals surface area contributed by atoms with Crippen LogP contribution in [0.25, 0.3) is 11.1 Å². The van der Waals surface area contributed by atoms with Gasteiger partial charge in [-0.15, -0.1) is 0 Å². The quantitative estimate of drug-likeness (QED) is 0.0413. The van der Waals surface area contributed by atoms with E-state index in [0.29, 0.717) is 0 Å². The molecule has 6 nitrogen and oxygen atoms in total. The Bertz CT molecular complexity index is 1550. The minimum Gasteiger partial charge on any atom is -0.461 e. The second-order valence-electron chi connectivity index (χ2n) is 20.0. The van der Waals surface area contributed by atoms with Gasteiger partial charge in [-0.3, -0.25) is 0 Å². The van der Waals surface area contributed by atoms with Crippen LogP contribution in [0.1, 0.15) is 245 Å². The first-order valence-electron chi connectivity index (χ1n) is 26.9. The first kappa shape index (κ1) is 55.9. The number of esters is 1. The highest BCUT2D eigenvalue weighted by molar-refractivity contribution is 5.82. The van der Waals surface area contributed by atoms with Crippen LogP contribution in [0.2, 0.25) is 0 Å². The van der Waals surface area contributed by atoms with Gasteiger partial charge in [0.2, 0.25) is 0 Å². The Hall–Kier alpha value is -3.38. The summed E-state index contributed by atoms with van der Waals surface area (Å²) in [4.78, 5) is 27.7. The molecule has 0 fully saturated rings. The third kappa shape index (κ3) is 24.8. The van der Waals surface area contributed by atoms with Crippen LogP contribution in [0, 0.1) is 0 Å². The lowest BCUT2D eigenvalue weighted by atomic mass is 9.98. The van der Waals surface area contributed by atoms with Crippen LogP contribution in [0.5, 0.6) is 0 Å². The van der Waals surface area contributed by atoms with Crippen LogP contribution < -0.4 is 5.32 Å². The Morgan fingerprint density at radius 1 is 0.569 bits per heavy atom. The molecule has 366 valence electrons. The summed E-state index contributed by atoms with van der Waals surface area (Å²) < 4.78 is 18.5. The normalized spacial score (nSPS) is 14.1. The predicted octanol–water partition coefficient (Wildman–Crippen LogP) is 17.5. The van der Waals surface area contributed by atoms with Gasteiger partial charge in [0.25, 0.3) is 0 Å². The topological polar surface area (TPSA) is 73.9 Å². The average Bonchev–Trinajstić information content (AvgIpc) is 3.61. The highest BCUT2D eigenvalue weighted by Gasteiger charge is 2.35. The van der Waals surface area contributed by atoms with Crippen molar-refractivity contribution >= 4 is 12.1 Å². The van der Waals surface area contributed by atoms with Crippen molar-refractivity contribution in [1.29, 1.82) is 0 Å². The molecule has 0 bridgehead atoms. The fourth-order valence-electron chi connectivity index (χ4n) is 9.32. The molecule has 0 aliphatic heterocycles. The number of alkyl carbamates (subject to hydrolysis) is 1. The van der Waals surface area contributed by atoms with Crippen molar-refractivity contribution in [2.75, 3.05) is 6.61 Å². The van der Waals surface area contributed by atoms with Crippen molar-refractivity contribution < 1.29 is 23.8 Å². The highest BCUT2D eigenvalue weighted by Crippen LogP contribution is 2.44. The summed E-state index contributed by atoms with van der Waals surface area (Å²) in [5, 5.41) is 2.89. The number of amides is 1. The number of hydrogen-bond donors (Lipinski definition) is 1. The molecule has 1 aliphatic rings. The van der Waals surface area contributed by atoms with Gasteiger partial charge in [0.05, 0.1) is 11.7 Å². The van der Waals surface area contributed by atoms with E-state index in [2.05, 4.69) is 67.7 Å². The van der Waals surface area contributed by atoms with Crippen molar-refractivity contribution in [3.63, 3.8) is 0 Å². The third-order valence-electron chi connectivity index (χ3n) is 13.0. The summed E-state index contributed by atoms with van der Waals surface area (Å²) in [5.41, 5.74) is 4.11. The number of hydrogen-bond acceptors (Lipinski definition) is 5. The summed E-state index contributed by atoms with van der Waals surface area (Å²) in [6, 6.07) is 15.6. The van der Waals surface area contributed by atoms with Gasteiger partial charge < -0.3 is 19.5 Å². The number of nitrogens with one attached hydrogen (secondary N) is 1. The minimum absolute atomic E-state index is 0.0749. The maximum atomic E-state index is 14.2. The largest absolute Gasteiger partial charge is 0.461 e. The van der Waals surface area contributed by atoms with Gasteiger partial charge in [-0.1, -0.05) is 196 Å². The number of fused-ring (bicyclic) bond motifs is 3. The van der Waals surface area contributed by atoms with E-state index < -0.39 is 29.8 Å². The van der Waals surface area contributed by atoms with Crippen LogP contribution >= 0.6 is 0 Å². The van der Waals surface area contributed by atoms with Crippen molar-refractivity contribution in [3.05, 3.63) is 84.0 Å². The van der Waals surface area contributed by atoms with E-state index in [9.17, 15) is 9.59 Å². The Morgan fingerprint density at radius 3 is 1.37 bits per heavy atom. The minimum atomic E-state index is -0.999. The van der Waals surface area contributed by atoms with Gasteiger partial charge in [0.1, 0.15) is 12.7 Å². The first-order valence-corrected chi connectivity index (χ1v) is 26.9. The lowest BCUT2D eigenvalue weighted by molar-refractivity contribution is -0.159. The summed E-state index contributed by atoms with van der Waals surface area (Å²) in [7, 11) is 0. The van der Waals surface area contributed by atoms with Gasteiger partial charge in [-0.25, -0.2) is 9.59 Å². The van der Waals surface area contributed by atoms with Crippen LogP contribution in [0.3, 0.4) is 0 Å². The van der Waals surface area contributed by atoms with Crippen LogP contribution in [0.15, 0.2) is 72.8 Å². The number of unbranched alkanes of at least 4 members (excludes halogenated alkanes) is 23. The molecule has 2 aromatic carbocycles. The lowest BCUT2D eigenvalue weighted by Crippen LogP contribution is -2.52. The fraction of sp³-hybridized carbons (Fsp3) is 0.695. The van der Waals surface area contributed by atoms with E-state index in [1.54, 1.807) is 0 Å². The second kappa shape index (κ2) is 34.9. The molecule has 1 aliphatic carbocycles. The molecule has 1 amide bonds. The fourth-order valence-corrected chi connectivity index (χ4v) is 9.32. The zero-order valence-corrected chi connectivity index (χ0v) is 42.5. The number of benzene rings is 2. The van der Waals surface area contributed by atoms with Gasteiger partial charge in [-0.2, -0.15) is 0 Å². The first-order chi connectivity index (χ1) is 31.6. The molecule has 3 rings (SSSR count). The van der Waals surface area contributed by atoms with Gasteiger partial charge in [-0.05, 0) is 127 Å². The molecule has 0 aromatic heterocycles. The third-order valence-corrected chi connectivity index (χ3v) is 13.0. The van der Waals surface area contributed by atoms with E-state index in [-0.39, 0.29) is 18.6 Å². The van der Waals surface area contributed by atoms with E-state index in [4.69, 9.17) is 14.2 Å². The Labute approximate surface area is 398 Å². The van der Waals surface area contributed by atoms with Crippen LogP contribution in [-0.4, -0.2) is 42.5 Å².